The first kappa shape index (κ1) is 27.5. The summed E-state index contributed by atoms with van der Waals surface area (Å²) in [5.41, 5.74) is 1.84. The Labute approximate surface area is 223 Å². The van der Waals surface area contributed by atoms with E-state index in [2.05, 4.69) is 10.6 Å². The Morgan fingerprint density at radius 2 is 1.55 bits per heavy atom. The second kappa shape index (κ2) is 13.3. The average molecular weight is 520 g/mol. The van der Waals surface area contributed by atoms with Crippen LogP contribution in [0.25, 0.3) is 0 Å². The highest BCUT2D eigenvalue weighted by atomic mass is 16.4. The summed E-state index contributed by atoms with van der Waals surface area (Å²) in [6, 6.07) is 17.6. The van der Waals surface area contributed by atoms with Gasteiger partial charge in [0.25, 0.3) is 0 Å². The SMILES string of the molecule is O=C(C[C@H](Cc1ccccc1)NC(=O)[C@H]1CCCN1C(=O)[C@H]1CCCN1)C[C@H](Cc1ccccc1)C(=O)O. The number of carbonyl (C=O) groups is 4. The van der Waals surface area contributed by atoms with Crippen LogP contribution < -0.4 is 10.6 Å². The number of ketones is 1. The summed E-state index contributed by atoms with van der Waals surface area (Å²) >= 11 is 0. The number of amides is 2. The molecule has 4 rings (SSSR count). The highest BCUT2D eigenvalue weighted by molar-refractivity contribution is 5.91. The van der Waals surface area contributed by atoms with E-state index in [1.165, 1.54) is 0 Å². The number of hydrogen-bond acceptors (Lipinski definition) is 5. The third kappa shape index (κ3) is 7.51. The third-order valence-corrected chi connectivity index (χ3v) is 7.49. The Morgan fingerprint density at radius 3 is 2.16 bits per heavy atom. The first-order chi connectivity index (χ1) is 18.4. The standard InChI is InChI=1S/C30H37N3O5/c34-25(19-23(30(37)38)17-21-9-3-1-4-10-21)20-24(18-22-11-5-2-6-12-22)32-28(35)27-14-8-16-33(27)29(36)26-13-7-15-31-26/h1-6,9-12,23-24,26-27,31H,7-8,13-20H2,(H,32,35)(H,37,38)/t23-,24-,26+,27+/m0/s1. The van der Waals surface area contributed by atoms with Gasteiger partial charge in [-0.2, -0.15) is 0 Å². The summed E-state index contributed by atoms with van der Waals surface area (Å²) in [6.07, 6.45) is 3.72. The number of hydrogen-bond donors (Lipinski definition) is 3. The first-order valence-corrected chi connectivity index (χ1v) is 13.6. The molecule has 0 aromatic heterocycles. The van der Waals surface area contributed by atoms with Crippen molar-refractivity contribution in [2.24, 2.45) is 5.92 Å². The van der Waals surface area contributed by atoms with E-state index in [-0.39, 0.29) is 42.9 Å². The summed E-state index contributed by atoms with van der Waals surface area (Å²) < 4.78 is 0. The fraction of sp³-hybridized carbons (Fsp3) is 0.467. The van der Waals surface area contributed by atoms with Gasteiger partial charge in [-0.25, -0.2) is 0 Å². The van der Waals surface area contributed by atoms with Crippen molar-refractivity contribution in [3.63, 3.8) is 0 Å². The van der Waals surface area contributed by atoms with Crippen LogP contribution in [0.4, 0.5) is 0 Å². The molecule has 2 aliphatic rings. The molecule has 0 unspecified atom stereocenters. The molecule has 0 saturated carbocycles. The quantitative estimate of drug-likeness (QED) is 0.397. The van der Waals surface area contributed by atoms with Crippen LogP contribution in [-0.4, -0.2) is 64.8 Å². The van der Waals surface area contributed by atoms with Crippen LogP contribution in [0.5, 0.6) is 0 Å². The zero-order chi connectivity index (χ0) is 26.9. The molecule has 0 radical (unpaired) electrons. The van der Waals surface area contributed by atoms with E-state index in [9.17, 15) is 24.3 Å². The number of Topliss-reactive ketones (excluding diaryl/α,β-unsaturated/α-hetero) is 1. The highest BCUT2D eigenvalue weighted by Gasteiger charge is 2.38. The number of aliphatic carboxylic acids is 1. The molecule has 8 nitrogen and oxygen atoms in total. The maximum atomic E-state index is 13.4. The van der Waals surface area contributed by atoms with Gasteiger partial charge in [-0.05, 0) is 56.2 Å². The minimum atomic E-state index is -1.01. The van der Waals surface area contributed by atoms with Crippen LogP contribution in [0.1, 0.15) is 49.7 Å². The van der Waals surface area contributed by atoms with Crippen LogP contribution in [0, 0.1) is 5.92 Å². The maximum Gasteiger partial charge on any atom is 0.307 e. The summed E-state index contributed by atoms with van der Waals surface area (Å²) in [5.74, 6) is -2.32. The van der Waals surface area contributed by atoms with Crippen LogP contribution in [-0.2, 0) is 32.0 Å². The Morgan fingerprint density at radius 1 is 0.895 bits per heavy atom. The molecule has 2 amide bonds. The Bertz CT molecular complexity index is 1100. The van der Waals surface area contributed by atoms with Crippen LogP contribution in [0.2, 0.25) is 0 Å². The van der Waals surface area contributed by atoms with Crippen molar-refractivity contribution in [3.05, 3.63) is 71.8 Å². The van der Waals surface area contributed by atoms with Crippen LogP contribution in [0.3, 0.4) is 0 Å². The summed E-state index contributed by atoms with van der Waals surface area (Å²) in [5, 5.41) is 16.0. The number of carbonyl (C=O) groups excluding carboxylic acids is 3. The van der Waals surface area contributed by atoms with Gasteiger partial charge in [0, 0.05) is 25.4 Å². The van der Waals surface area contributed by atoms with Crippen LogP contribution >= 0.6 is 0 Å². The van der Waals surface area contributed by atoms with Gasteiger partial charge in [-0.3, -0.25) is 19.2 Å². The topological polar surface area (TPSA) is 116 Å². The molecule has 2 heterocycles. The Balaban J connectivity index is 1.42. The minimum absolute atomic E-state index is 0.0268. The largest absolute Gasteiger partial charge is 0.481 e. The monoisotopic (exact) mass is 519 g/mol. The molecular formula is C30H37N3O5. The van der Waals surface area contributed by atoms with Crippen LogP contribution in [0.15, 0.2) is 60.7 Å². The van der Waals surface area contributed by atoms with Gasteiger partial charge in [0.2, 0.25) is 11.8 Å². The van der Waals surface area contributed by atoms with Gasteiger partial charge in [-0.15, -0.1) is 0 Å². The fourth-order valence-electron chi connectivity index (χ4n) is 5.55. The maximum absolute atomic E-state index is 13.4. The van der Waals surface area contributed by atoms with Crippen molar-refractivity contribution in [2.45, 2.75) is 69.5 Å². The van der Waals surface area contributed by atoms with Crippen molar-refractivity contribution < 1.29 is 24.3 Å². The number of carboxylic acids is 1. The van der Waals surface area contributed by atoms with Crippen molar-refractivity contribution in [1.82, 2.24) is 15.5 Å². The van der Waals surface area contributed by atoms with E-state index >= 15 is 0 Å². The number of likely N-dealkylation sites (tertiary alicyclic amines) is 1. The molecule has 0 aliphatic carbocycles. The number of carboxylic acid groups (broad SMARTS) is 1. The predicted octanol–water partition coefficient (Wildman–Crippen LogP) is 2.75. The molecule has 2 fully saturated rings. The summed E-state index contributed by atoms with van der Waals surface area (Å²) in [4.78, 5) is 53.1. The Hall–Kier alpha value is -3.52. The molecule has 2 aromatic rings. The van der Waals surface area contributed by atoms with E-state index in [1.807, 2.05) is 60.7 Å². The van der Waals surface area contributed by atoms with Crippen molar-refractivity contribution in [1.29, 1.82) is 0 Å². The molecule has 3 N–H and O–H groups in total. The highest BCUT2D eigenvalue weighted by Crippen LogP contribution is 2.22. The van der Waals surface area contributed by atoms with Gasteiger partial charge in [0.05, 0.1) is 12.0 Å². The lowest BCUT2D eigenvalue weighted by molar-refractivity contribution is -0.144. The van der Waals surface area contributed by atoms with E-state index in [0.29, 0.717) is 19.4 Å². The molecule has 8 heteroatoms. The smallest absolute Gasteiger partial charge is 0.307 e. The molecule has 38 heavy (non-hydrogen) atoms. The van der Waals surface area contributed by atoms with Crippen molar-refractivity contribution in [2.75, 3.05) is 13.1 Å². The first-order valence-electron chi connectivity index (χ1n) is 13.6. The number of benzene rings is 2. The van der Waals surface area contributed by atoms with Crippen molar-refractivity contribution >= 4 is 23.6 Å². The van der Waals surface area contributed by atoms with Crippen molar-refractivity contribution in [3.8, 4) is 0 Å². The summed E-state index contributed by atoms with van der Waals surface area (Å²) in [7, 11) is 0. The average Bonchev–Trinajstić information content (AvgIpc) is 3.62. The summed E-state index contributed by atoms with van der Waals surface area (Å²) in [6.45, 7) is 1.36. The lowest BCUT2D eigenvalue weighted by atomic mass is 9.91. The zero-order valence-corrected chi connectivity index (χ0v) is 21.7. The third-order valence-electron chi connectivity index (χ3n) is 7.49. The molecule has 2 saturated heterocycles. The minimum Gasteiger partial charge on any atom is -0.481 e. The van der Waals surface area contributed by atoms with E-state index in [4.69, 9.17) is 0 Å². The molecule has 2 aliphatic heterocycles. The second-order valence-corrected chi connectivity index (χ2v) is 10.4. The molecule has 4 atom stereocenters. The van der Waals surface area contributed by atoms with E-state index in [0.717, 1.165) is 36.9 Å². The number of rotatable bonds is 12. The molecular weight excluding hydrogens is 482 g/mol. The molecule has 0 bridgehead atoms. The Kier molecular flexibility index (Phi) is 9.65. The molecule has 0 spiro atoms. The number of nitrogens with zero attached hydrogens (tertiary/aromatic N) is 1. The second-order valence-electron chi connectivity index (χ2n) is 10.4. The lowest BCUT2D eigenvalue weighted by Gasteiger charge is -2.28. The van der Waals surface area contributed by atoms with Gasteiger partial charge in [0.1, 0.15) is 11.8 Å². The molecule has 2 aromatic carbocycles. The van der Waals surface area contributed by atoms with E-state index < -0.39 is 24.0 Å². The van der Waals surface area contributed by atoms with Gasteiger partial charge in [0.15, 0.2) is 0 Å². The van der Waals surface area contributed by atoms with E-state index in [1.54, 1.807) is 4.90 Å². The number of nitrogens with one attached hydrogen (secondary N) is 2. The fourth-order valence-corrected chi connectivity index (χ4v) is 5.55. The molecule has 202 valence electrons. The van der Waals surface area contributed by atoms with Gasteiger partial charge < -0.3 is 20.6 Å². The van der Waals surface area contributed by atoms with Gasteiger partial charge >= 0.3 is 5.97 Å². The van der Waals surface area contributed by atoms with Gasteiger partial charge in [-0.1, -0.05) is 60.7 Å². The zero-order valence-electron chi connectivity index (χ0n) is 21.7. The predicted molar refractivity (Wildman–Crippen MR) is 143 cm³/mol. The normalized spacial score (nSPS) is 20.6. The lowest BCUT2D eigenvalue weighted by Crippen LogP contribution is -2.53.